The van der Waals surface area contributed by atoms with Crippen LogP contribution in [0, 0.1) is 18.2 Å². The van der Waals surface area contributed by atoms with Crippen LogP contribution in [0.2, 0.25) is 0 Å². The SMILES string of the molecule is C#CC(C)(CC)NC(=O)c1cccc(-c2cc3c(C(=O)NC)c(-c4ccc(F)cc4)oc3c3cc[nH]c23)c1. The summed E-state index contributed by atoms with van der Waals surface area (Å²) < 4.78 is 19.9. The Bertz CT molecular complexity index is 1740. The van der Waals surface area contributed by atoms with Crippen molar-refractivity contribution in [2.45, 2.75) is 25.8 Å². The topological polar surface area (TPSA) is 87.1 Å². The van der Waals surface area contributed by atoms with Gasteiger partial charge < -0.3 is 20.0 Å². The van der Waals surface area contributed by atoms with Gasteiger partial charge in [-0.15, -0.1) is 6.42 Å². The van der Waals surface area contributed by atoms with Crippen LogP contribution in [-0.2, 0) is 0 Å². The first kappa shape index (κ1) is 24.8. The molecule has 1 atom stereocenters. The minimum absolute atomic E-state index is 0.272. The lowest BCUT2D eigenvalue weighted by Crippen LogP contribution is -2.44. The third kappa shape index (κ3) is 4.20. The summed E-state index contributed by atoms with van der Waals surface area (Å²) >= 11 is 0. The number of hydrogen-bond donors (Lipinski definition) is 3. The number of amides is 2. The Kier molecular flexibility index (Phi) is 6.25. The molecule has 2 amide bonds. The Hall–Kier alpha value is -4.83. The van der Waals surface area contributed by atoms with E-state index in [2.05, 4.69) is 21.5 Å². The van der Waals surface area contributed by atoms with E-state index in [0.717, 1.165) is 22.0 Å². The van der Waals surface area contributed by atoms with E-state index in [-0.39, 0.29) is 17.6 Å². The maximum atomic E-state index is 13.6. The number of benzene rings is 3. The summed E-state index contributed by atoms with van der Waals surface area (Å²) in [6.07, 6.45) is 8.03. The zero-order chi connectivity index (χ0) is 27.0. The van der Waals surface area contributed by atoms with E-state index in [0.29, 0.717) is 39.8 Å². The second-order valence-electron chi connectivity index (χ2n) is 9.32. The molecule has 0 aliphatic carbocycles. The summed E-state index contributed by atoms with van der Waals surface area (Å²) in [6.45, 7) is 3.73. The van der Waals surface area contributed by atoms with Gasteiger partial charge in [0.1, 0.15) is 17.2 Å². The lowest BCUT2D eigenvalue weighted by Gasteiger charge is -2.23. The van der Waals surface area contributed by atoms with E-state index in [4.69, 9.17) is 10.8 Å². The number of carbonyl (C=O) groups is 2. The van der Waals surface area contributed by atoms with E-state index in [1.807, 2.05) is 32.0 Å². The highest BCUT2D eigenvalue weighted by Gasteiger charge is 2.26. The van der Waals surface area contributed by atoms with Crippen LogP contribution >= 0.6 is 0 Å². The first-order valence-corrected chi connectivity index (χ1v) is 12.2. The number of fused-ring (bicyclic) bond motifs is 3. The molecule has 3 aromatic carbocycles. The molecular formula is C31H26FN3O3. The molecule has 0 aliphatic heterocycles. The molecule has 3 N–H and O–H groups in total. The molecule has 7 heteroatoms. The van der Waals surface area contributed by atoms with Gasteiger partial charge in [0.05, 0.1) is 16.6 Å². The Labute approximate surface area is 219 Å². The Morgan fingerprint density at radius 2 is 1.82 bits per heavy atom. The minimum Gasteiger partial charge on any atom is -0.454 e. The van der Waals surface area contributed by atoms with E-state index < -0.39 is 5.54 Å². The second-order valence-corrected chi connectivity index (χ2v) is 9.32. The van der Waals surface area contributed by atoms with Crippen LogP contribution in [0.3, 0.4) is 0 Å². The Morgan fingerprint density at radius 1 is 1.05 bits per heavy atom. The maximum absolute atomic E-state index is 13.6. The predicted octanol–water partition coefficient (Wildman–Crippen LogP) is 6.28. The molecule has 6 nitrogen and oxygen atoms in total. The van der Waals surface area contributed by atoms with Crippen molar-refractivity contribution in [3.05, 3.63) is 83.8 Å². The van der Waals surface area contributed by atoms with Gasteiger partial charge in [0.2, 0.25) is 0 Å². The first-order valence-electron chi connectivity index (χ1n) is 12.2. The van der Waals surface area contributed by atoms with Crippen molar-refractivity contribution in [2.75, 3.05) is 7.05 Å². The van der Waals surface area contributed by atoms with Gasteiger partial charge in [0.15, 0.2) is 0 Å². The number of rotatable bonds is 6. The zero-order valence-electron chi connectivity index (χ0n) is 21.2. The van der Waals surface area contributed by atoms with Gasteiger partial charge in [-0.05, 0) is 67.4 Å². The molecule has 5 aromatic rings. The summed E-state index contributed by atoms with van der Waals surface area (Å²) in [5.74, 6) is 2.02. The third-order valence-electron chi connectivity index (χ3n) is 6.91. The quantitative estimate of drug-likeness (QED) is 0.237. The van der Waals surface area contributed by atoms with Crippen molar-refractivity contribution < 1.29 is 18.4 Å². The number of terminal acetylenes is 1. The number of carbonyl (C=O) groups excluding carboxylic acids is 2. The average Bonchev–Trinajstić information content (AvgIpc) is 3.58. The van der Waals surface area contributed by atoms with Gasteiger partial charge in [0.25, 0.3) is 11.8 Å². The van der Waals surface area contributed by atoms with Gasteiger partial charge in [-0.2, -0.15) is 0 Å². The molecule has 0 bridgehead atoms. The van der Waals surface area contributed by atoms with Crippen LogP contribution in [0.5, 0.6) is 0 Å². The fraction of sp³-hybridized carbons (Fsp3) is 0.161. The van der Waals surface area contributed by atoms with Crippen LogP contribution < -0.4 is 10.6 Å². The molecule has 0 saturated carbocycles. The van der Waals surface area contributed by atoms with Crippen LogP contribution in [0.25, 0.3) is 44.3 Å². The van der Waals surface area contributed by atoms with Crippen LogP contribution in [-0.4, -0.2) is 29.4 Å². The number of halogens is 1. The standard InChI is InChI=1S/C31H26FN3O3/c1-5-31(3,6-2)35-29(36)20-9-7-8-19(16-20)23-17-24-25(30(37)33-4)27(18-10-12-21(32)13-11-18)38-28(24)22-14-15-34-26(22)23/h1,7-17,34H,6H2,2-4H3,(H,33,37)(H,35,36). The van der Waals surface area contributed by atoms with E-state index in [9.17, 15) is 14.0 Å². The molecule has 0 spiro atoms. The smallest absolute Gasteiger partial charge is 0.255 e. The highest BCUT2D eigenvalue weighted by Crippen LogP contribution is 2.41. The number of H-pyrrole nitrogens is 1. The number of nitrogens with one attached hydrogen (secondary N) is 3. The minimum atomic E-state index is -0.755. The monoisotopic (exact) mass is 507 g/mol. The largest absolute Gasteiger partial charge is 0.454 e. The van der Waals surface area contributed by atoms with Crippen molar-refractivity contribution in [3.63, 3.8) is 0 Å². The van der Waals surface area contributed by atoms with Crippen LogP contribution in [0.4, 0.5) is 4.39 Å². The van der Waals surface area contributed by atoms with Crippen molar-refractivity contribution in [2.24, 2.45) is 0 Å². The van der Waals surface area contributed by atoms with Gasteiger partial charge in [-0.1, -0.05) is 25.0 Å². The summed E-state index contributed by atoms with van der Waals surface area (Å²) in [4.78, 5) is 29.4. The maximum Gasteiger partial charge on any atom is 0.255 e. The van der Waals surface area contributed by atoms with E-state index >= 15 is 0 Å². The molecule has 2 heterocycles. The average molecular weight is 508 g/mol. The summed E-state index contributed by atoms with van der Waals surface area (Å²) in [6, 6.07) is 16.8. The van der Waals surface area contributed by atoms with Crippen LogP contribution in [0.15, 0.2) is 71.3 Å². The van der Waals surface area contributed by atoms with Gasteiger partial charge in [0, 0.05) is 40.7 Å². The number of aromatic amines is 1. The molecular weight excluding hydrogens is 481 g/mol. The molecule has 38 heavy (non-hydrogen) atoms. The van der Waals surface area contributed by atoms with Gasteiger partial charge >= 0.3 is 0 Å². The lowest BCUT2D eigenvalue weighted by molar-refractivity contribution is 0.0922. The second kappa shape index (κ2) is 9.56. The summed E-state index contributed by atoms with van der Waals surface area (Å²) in [7, 11) is 1.55. The van der Waals surface area contributed by atoms with E-state index in [1.54, 1.807) is 43.6 Å². The van der Waals surface area contributed by atoms with E-state index in [1.165, 1.54) is 12.1 Å². The first-order chi connectivity index (χ1) is 18.3. The van der Waals surface area contributed by atoms with Crippen LogP contribution in [0.1, 0.15) is 41.0 Å². The number of aromatic nitrogens is 1. The molecule has 0 fully saturated rings. The van der Waals surface area contributed by atoms with Crippen molar-refractivity contribution in [3.8, 4) is 34.8 Å². The molecule has 190 valence electrons. The molecule has 0 aliphatic rings. The fourth-order valence-corrected chi connectivity index (χ4v) is 4.54. The normalized spacial score (nSPS) is 12.7. The molecule has 0 radical (unpaired) electrons. The fourth-order valence-electron chi connectivity index (χ4n) is 4.54. The molecule has 5 rings (SSSR count). The van der Waals surface area contributed by atoms with Gasteiger partial charge in [-0.3, -0.25) is 9.59 Å². The molecule has 1 unspecified atom stereocenters. The van der Waals surface area contributed by atoms with Crippen molar-refractivity contribution >= 4 is 33.7 Å². The van der Waals surface area contributed by atoms with Gasteiger partial charge in [-0.25, -0.2) is 4.39 Å². The third-order valence-corrected chi connectivity index (χ3v) is 6.91. The van der Waals surface area contributed by atoms with Crippen molar-refractivity contribution in [1.29, 1.82) is 0 Å². The highest BCUT2D eigenvalue weighted by atomic mass is 19.1. The highest BCUT2D eigenvalue weighted by molar-refractivity contribution is 6.19. The Balaban J connectivity index is 1.71. The Morgan fingerprint density at radius 3 is 2.50 bits per heavy atom. The number of furan rings is 1. The predicted molar refractivity (Wildman–Crippen MR) is 147 cm³/mol. The summed E-state index contributed by atoms with van der Waals surface area (Å²) in [5, 5.41) is 7.00. The summed E-state index contributed by atoms with van der Waals surface area (Å²) in [5.41, 5.74) is 3.52. The molecule has 2 aromatic heterocycles. The zero-order valence-corrected chi connectivity index (χ0v) is 21.2. The number of hydrogen-bond acceptors (Lipinski definition) is 3. The van der Waals surface area contributed by atoms with Crippen molar-refractivity contribution in [1.82, 2.24) is 15.6 Å². The lowest BCUT2D eigenvalue weighted by atomic mass is 9.96. The molecule has 0 saturated heterocycles.